The van der Waals surface area contributed by atoms with Gasteiger partial charge in [-0.05, 0) is 17.7 Å². The van der Waals surface area contributed by atoms with E-state index in [1.54, 1.807) is 6.20 Å². The smallest absolute Gasteiger partial charge is 0.318 e. The lowest BCUT2D eigenvalue weighted by molar-refractivity contribution is -0.126. The van der Waals surface area contributed by atoms with Crippen LogP contribution in [0.15, 0.2) is 54.7 Å². The van der Waals surface area contributed by atoms with Crippen molar-refractivity contribution in [3.63, 3.8) is 0 Å². The summed E-state index contributed by atoms with van der Waals surface area (Å²) in [5.74, 6) is -0.387. The molecule has 0 saturated carbocycles. The van der Waals surface area contributed by atoms with Gasteiger partial charge < -0.3 is 5.73 Å². The van der Waals surface area contributed by atoms with Crippen LogP contribution >= 0.6 is 0 Å². The van der Waals surface area contributed by atoms with Crippen LogP contribution in [-0.4, -0.2) is 52.9 Å². The Bertz CT molecular complexity index is 730. The number of nitrogens with two attached hydrogens (primary N) is 1. The van der Waals surface area contributed by atoms with Crippen LogP contribution in [0.25, 0.3) is 0 Å². The largest absolute Gasteiger partial charge is 0.351 e. The Hall–Kier alpha value is -2.77. The summed E-state index contributed by atoms with van der Waals surface area (Å²) in [6, 6.07) is 14.0. The first kappa shape index (κ1) is 18.0. The van der Waals surface area contributed by atoms with Gasteiger partial charge in [0.2, 0.25) is 5.91 Å². The topological polar surface area (TPSA) is 91.6 Å². The van der Waals surface area contributed by atoms with Gasteiger partial charge in [-0.25, -0.2) is 4.79 Å². The molecule has 1 saturated heterocycles. The maximum absolute atomic E-state index is 12.5. The lowest BCUT2D eigenvalue weighted by Gasteiger charge is -2.38. The fourth-order valence-corrected chi connectivity index (χ4v) is 3.25. The minimum atomic E-state index is -0.829. The zero-order valence-corrected chi connectivity index (χ0v) is 14.5. The van der Waals surface area contributed by atoms with Crippen molar-refractivity contribution in [1.82, 2.24) is 20.1 Å². The number of pyridine rings is 1. The van der Waals surface area contributed by atoms with Crippen LogP contribution in [0.1, 0.15) is 17.3 Å². The van der Waals surface area contributed by atoms with Gasteiger partial charge in [0.05, 0.1) is 5.69 Å². The molecule has 1 atom stereocenters. The summed E-state index contributed by atoms with van der Waals surface area (Å²) in [6.45, 7) is 3.88. The Labute approximate surface area is 152 Å². The maximum Gasteiger partial charge on any atom is 0.318 e. The SMILES string of the molecule is NC(=O)NC(=O)C(c1ccccc1)N1CCN(Cc2ccccn2)CC1. The molecule has 2 heterocycles. The third-order valence-corrected chi connectivity index (χ3v) is 4.49. The number of piperazine rings is 1. The third-order valence-electron chi connectivity index (χ3n) is 4.49. The van der Waals surface area contributed by atoms with Crippen molar-refractivity contribution >= 4 is 11.9 Å². The molecule has 1 unspecified atom stereocenters. The minimum absolute atomic E-state index is 0.387. The number of benzene rings is 1. The summed E-state index contributed by atoms with van der Waals surface area (Å²) < 4.78 is 0. The van der Waals surface area contributed by atoms with Crippen LogP contribution in [-0.2, 0) is 11.3 Å². The van der Waals surface area contributed by atoms with Crippen LogP contribution in [0, 0.1) is 0 Å². The van der Waals surface area contributed by atoms with E-state index in [9.17, 15) is 9.59 Å². The van der Waals surface area contributed by atoms with E-state index in [4.69, 9.17) is 5.73 Å². The van der Waals surface area contributed by atoms with Crippen LogP contribution in [0.4, 0.5) is 4.79 Å². The Morgan fingerprint density at radius 3 is 2.35 bits per heavy atom. The number of carbonyl (C=O) groups is 2. The highest BCUT2D eigenvalue weighted by molar-refractivity contribution is 5.96. The number of hydrogen-bond acceptors (Lipinski definition) is 5. The standard InChI is InChI=1S/C19H23N5O2/c20-19(26)22-18(25)17(15-6-2-1-3-7-15)24-12-10-23(11-13-24)14-16-8-4-5-9-21-16/h1-9,17H,10-14H2,(H3,20,22,25,26). The molecule has 0 radical (unpaired) electrons. The maximum atomic E-state index is 12.5. The van der Waals surface area contributed by atoms with Gasteiger partial charge in [0.15, 0.2) is 0 Å². The molecule has 7 nitrogen and oxygen atoms in total. The Kier molecular flexibility index (Phi) is 5.93. The van der Waals surface area contributed by atoms with Gasteiger partial charge in [-0.3, -0.25) is 24.9 Å². The highest BCUT2D eigenvalue weighted by atomic mass is 16.2. The molecule has 1 aliphatic heterocycles. The zero-order chi connectivity index (χ0) is 18.4. The molecule has 3 amide bonds. The number of imide groups is 1. The number of rotatable bonds is 5. The molecule has 3 N–H and O–H groups in total. The summed E-state index contributed by atoms with van der Waals surface area (Å²) in [4.78, 5) is 32.5. The summed E-state index contributed by atoms with van der Waals surface area (Å²) in [6.07, 6.45) is 1.80. The van der Waals surface area contributed by atoms with Crippen molar-refractivity contribution in [2.75, 3.05) is 26.2 Å². The monoisotopic (exact) mass is 353 g/mol. The predicted molar refractivity (Wildman–Crippen MR) is 98.0 cm³/mol. The van der Waals surface area contributed by atoms with Crippen molar-refractivity contribution in [1.29, 1.82) is 0 Å². The number of primary amides is 1. The molecule has 0 aliphatic carbocycles. The molecule has 1 aromatic heterocycles. The number of urea groups is 1. The average Bonchev–Trinajstić information content (AvgIpc) is 2.64. The highest BCUT2D eigenvalue weighted by Crippen LogP contribution is 2.23. The van der Waals surface area contributed by atoms with Crippen molar-refractivity contribution in [2.24, 2.45) is 5.73 Å². The van der Waals surface area contributed by atoms with E-state index in [2.05, 4.69) is 20.1 Å². The van der Waals surface area contributed by atoms with Gasteiger partial charge >= 0.3 is 6.03 Å². The molecule has 3 rings (SSSR count). The van der Waals surface area contributed by atoms with Gasteiger partial charge in [-0.2, -0.15) is 0 Å². The Morgan fingerprint density at radius 2 is 1.73 bits per heavy atom. The molecular formula is C19H23N5O2. The highest BCUT2D eigenvalue weighted by Gasteiger charge is 2.31. The van der Waals surface area contributed by atoms with E-state index < -0.39 is 12.1 Å². The third kappa shape index (κ3) is 4.65. The number of amides is 3. The number of nitrogens with one attached hydrogen (secondary N) is 1. The fourth-order valence-electron chi connectivity index (χ4n) is 3.25. The Balaban J connectivity index is 1.67. The second-order valence-electron chi connectivity index (χ2n) is 6.30. The quantitative estimate of drug-likeness (QED) is 0.841. The van der Waals surface area contributed by atoms with Gasteiger partial charge in [0.25, 0.3) is 0 Å². The normalized spacial score (nSPS) is 16.8. The zero-order valence-electron chi connectivity index (χ0n) is 14.5. The van der Waals surface area contributed by atoms with Crippen LogP contribution in [0.5, 0.6) is 0 Å². The predicted octanol–water partition coefficient (Wildman–Crippen LogP) is 1.14. The molecule has 1 aliphatic rings. The second kappa shape index (κ2) is 8.55. The first-order valence-corrected chi connectivity index (χ1v) is 8.65. The molecule has 0 spiro atoms. The van der Waals surface area contributed by atoms with Crippen LogP contribution in [0.3, 0.4) is 0 Å². The first-order valence-electron chi connectivity index (χ1n) is 8.65. The number of hydrogen-bond donors (Lipinski definition) is 2. The van der Waals surface area contributed by atoms with Crippen molar-refractivity contribution in [3.05, 3.63) is 66.0 Å². The van der Waals surface area contributed by atoms with Crippen LogP contribution < -0.4 is 11.1 Å². The van der Waals surface area contributed by atoms with E-state index in [0.717, 1.165) is 44.0 Å². The first-order chi connectivity index (χ1) is 12.6. The van der Waals surface area contributed by atoms with E-state index in [0.29, 0.717) is 0 Å². The summed E-state index contributed by atoms with van der Waals surface area (Å²) in [7, 11) is 0. The van der Waals surface area contributed by atoms with Crippen molar-refractivity contribution < 1.29 is 9.59 Å². The lowest BCUT2D eigenvalue weighted by Crippen LogP contribution is -2.51. The molecule has 136 valence electrons. The number of carbonyl (C=O) groups excluding carboxylic acids is 2. The summed E-state index contributed by atoms with van der Waals surface area (Å²) >= 11 is 0. The number of nitrogens with zero attached hydrogens (tertiary/aromatic N) is 3. The average molecular weight is 353 g/mol. The van der Waals surface area contributed by atoms with Crippen LogP contribution in [0.2, 0.25) is 0 Å². The van der Waals surface area contributed by atoms with E-state index in [-0.39, 0.29) is 5.91 Å². The molecule has 7 heteroatoms. The van der Waals surface area contributed by atoms with E-state index in [1.807, 2.05) is 48.5 Å². The van der Waals surface area contributed by atoms with E-state index >= 15 is 0 Å². The summed E-state index contributed by atoms with van der Waals surface area (Å²) in [5.41, 5.74) is 7.03. The van der Waals surface area contributed by atoms with E-state index in [1.165, 1.54) is 0 Å². The van der Waals surface area contributed by atoms with Gasteiger partial charge in [0, 0.05) is 38.9 Å². The van der Waals surface area contributed by atoms with Crippen molar-refractivity contribution in [2.45, 2.75) is 12.6 Å². The van der Waals surface area contributed by atoms with Gasteiger partial charge in [-0.15, -0.1) is 0 Å². The lowest BCUT2D eigenvalue weighted by atomic mass is 10.0. The molecule has 0 bridgehead atoms. The molecular weight excluding hydrogens is 330 g/mol. The Morgan fingerprint density at radius 1 is 1.04 bits per heavy atom. The minimum Gasteiger partial charge on any atom is -0.351 e. The van der Waals surface area contributed by atoms with Gasteiger partial charge in [0.1, 0.15) is 6.04 Å². The molecule has 26 heavy (non-hydrogen) atoms. The summed E-state index contributed by atoms with van der Waals surface area (Å²) in [5, 5.41) is 2.22. The molecule has 1 fully saturated rings. The van der Waals surface area contributed by atoms with Crippen molar-refractivity contribution in [3.8, 4) is 0 Å². The molecule has 1 aromatic carbocycles. The molecule has 2 aromatic rings. The fraction of sp³-hybridized carbons (Fsp3) is 0.316. The second-order valence-corrected chi connectivity index (χ2v) is 6.30. The number of aromatic nitrogens is 1. The van der Waals surface area contributed by atoms with Gasteiger partial charge in [-0.1, -0.05) is 36.4 Å².